The molecule has 1 unspecified atom stereocenters. The Labute approximate surface area is 123 Å². The van der Waals surface area contributed by atoms with Crippen LogP contribution in [0.25, 0.3) is 0 Å². The van der Waals surface area contributed by atoms with E-state index in [1.165, 1.54) is 0 Å². The number of carboxylic acid groups (broad SMARTS) is 1. The Hall–Kier alpha value is -1.67. The van der Waals surface area contributed by atoms with Crippen LogP contribution in [0.5, 0.6) is 0 Å². The molecule has 21 heavy (non-hydrogen) atoms. The third kappa shape index (κ3) is 5.68. The number of esters is 1. The zero-order valence-electron chi connectivity index (χ0n) is 12.3. The van der Waals surface area contributed by atoms with Crippen molar-refractivity contribution in [3.8, 4) is 0 Å². The number of nitrogens with one attached hydrogen (secondary N) is 1. The molecule has 120 valence electrons. The van der Waals surface area contributed by atoms with Crippen LogP contribution in [0, 0.1) is 0 Å². The first-order valence-electron chi connectivity index (χ1n) is 7.04. The van der Waals surface area contributed by atoms with Gasteiger partial charge in [0.15, 0.2) is 0 Å². The minimum absolute atomic E-state index is 0.117. The van der Waals surface area contributed by atoms with Gasteiger partial charge in [-0.15, -0.1) is 0 Å². The summed E-state index contributed by atoms with van der Waals surface area (Å²) in [5.41, 5.74) is 4.47. The van der Waals surface area contributed by atoms with Crippen molar-refractivity contribution in [2.45, 2.75) is 31.7 Å². The number of aliphatic carboxylic acids is 1. The molecule has 1 atom stereocenters. The number of nitrogens with two attached hydrogens (primary N) is 1. The van der Waals surface area contributed by atoms with E-state index in [-0.39, 0.29) is 31.4 Å². The molecule has 1 aliphatic rings. The van der Waals surface area contributed by atoms with Crippen molar-refractivity contribution >= 4 is 17.8 Å². The molecule has 1 saturated heterocycles. The Kier molecular flexibility index (Phi) is 6.57. The van der Waals surface area contributed by atoms with Gasteiger partial charge in [-0.3, -0.25) is 19.3 Å². The minimum atomic E-state index is -1.26. The van der Waals surface area contributed by atoms with E-state index in [2.05, 4.69) is 5.32 Å². The molecule has 0 aromatic rings. The Bertz CT molecular complexity index is 401. The van der Waals surface area contributed by atoms with E-state index in [4.69, 9.17) is 15.6 Å². The summed E-state index contributed by atoms with van der Waals surface area (Å²) in [6.07, 6.45) is 1.11. The molecule has 0 spiro atoms. The highest BCUT2D eigenvalue weighted by Crippen LogP contribution is 2.18. The topological polar surface area (TPSA) is 122 Å². The van der Waals surface area contributed by atoms with Gasteiger partial charge >= 0.3 is 11.9 Å². The van der Waals surface area contributed by atoms with Crippen molar-refractivity contribution in [2.75, 3.05) is 32.8 Å². The van der Waals surface area contributed by atoms with Crippen LogP contribution in [0.4, 0.5) is 0 Å². The molecule has 0 bridgehead atoms. The van der Waals surface area contributed by atoms with E-state index in [9.17, 15) is 14.4 Å². The molecule has 1 amide bonds. The normalized spacial score (nSPS) is 22.0. The van der Waals surface area contributed by atoms with Crippen LogP contribution in [0.1, 0.15) is 26.2 Å². The molecule has 0 saturated carbocycles. The second-order valence-electron chi connectivity index (χ2n) is 5.18. The number of carbonyl (C=O) groups excluding carboxylic acids is 2. The van der Waals surface area contributed by atoms with E-state index in [0.29, 0.717) is 32.5 Å². The summed E-state index contributed by atoms with van der Waals surface area (Å²) in [6, 6.07) is 0. The van der Waals surface area contributed by atoms with Crippen LogP contribution in [0.15, 0.2) is 0 Å². The second kappa shape index (κ2) is 7.94. The molecule has 0 aromatic carbocycles. The molecule has 1 fully saturated rings. The fourth-order valence-corrected chi connectivity index (χ4v) is 2.18. The quantitative estimate of drug-likeness (QED) is 0.385. The summed E-state index contributed by atoms with van der Waals surface area (Å²) in [5.74, 6) is -1.52. The van der Waals surface area contributed by atoms with Gasteiger partial charge < -0.3 is 20.9 Å². The predicted molar refractivity (Wildman–Crippen MR) is 74.5 cm³/mol. The maximum Gasteiger partial charge on any atom is 0.325 e. The summed E-state index contributed by atoms with van der Waals surface area (Å²) in [4.78, 5) is 35.5. The monoisotopic (exact) mass is 301 g/mol. The third-order valence-electron chi connectivity index (χ3n) is 3.36. The van der Waals surface area contributed by atoms with Gasteiger partial charge in [-0.05, 0) is 19.8 Å². The highest BCUT2D eigenvalue weighted by atomic mass is 16.5. The molecular weight excluding hydrogens is 278 g/mol. The summed E-state index contributed by atoms with van der Waals surface area (Å²) < 4.78 is 4.77. The first-order valence-corrected chi connectivity index (χ1v) is 7.04. The minimum Gasteiger partial charge on any atom is -0.480 e. The molecular formula is C13H23N3O5. The predicted octanol–water partition coefficient (Wildman–Crippen LogP) is -1.07. The van der Waals surface area contributed by atoms with Crippen LogP contribution >= 0.6 is 0 Å². The molecule has 4 N–H and O–H groups in total. The van der Waals surface area contributed by atoms with E-state index >= 15 is 0 Å². The fourth-order valence-electron chi connectivity index (χ4n) is 2.18. The fraction of sp³-hybridized carbons (Fsp3) is 0.769. The third-order valence-corrected chi connectivity index (χ3v) is 3.36. The molecule has 0 aliphatic carbocycles. The number of likely N-dealkylation sites (tertiary alicyclic amines) is 1. The van der Waals surface area contributed by atoms with Gasteiger partial charge in [-0.25, -0.2) is 0 Å². The van der Waals surface area contributed by atoms with E-state index in [0.717, 1.165) is 0 Å². The van der Waals surface area contributed by atoms with Crippen molar-refractivity contribution in [3.05, 3.63) is 0 Å². The van der Waals surface area contributed by atoms with E-state index in [1.807, 2.05) is 0 Å². The van der Waals surface area contributed by atoms with Crippen LogP contribution in [0.3, 0.4) is 0 Å². The molecule has 1 rings (SSSR count). The number of carbonyl (C=O) groups is 3. The lowest BCUT2D eigenvalue weighted by Gasteiger charge is -2.19. The van der Waals surface area contributed by atoms with Crippen LogP contribution in [-0.2, 0) is 19.1 Å². The first-order chi connectivity index (χ1) is 9.87. The number of rotatable bonds is 8. The number of hydrogen-bond donors (Lipinski definition) is 3. The van der Waals surface area contributed by atoms with Gasteiger partial charge in [0, 0.05) is 26.1 Å². The SMILES string of the molecule is CCOC(=O)CCCNC(=O)CN1CCC(N)(C(=O)O)C1. The zero-order chi connectivity index (χ0) is 15.9. The lowest BCUT2D eigenvalue weighted by molar-refractivity contribution is -0.143. The van der Waals surface area contributed by atoms with Crippen LogP contribution < -0.4 is 11.1 Å². The number of ether oxygens (including phenoxy) is 1. The van der Waals surface area contributed by atoms with Gasteiger partial charge in [0.1, 0.15) is 5.54 Å². The lowest BCUT2D eigenvalue weighted by Crippen LogP contribution is -2.50. The summed E-state index contributed by atoms with van der Waals surface area (Å²) in [6.45, 7) is 3.25. The Morgan fingerprint density at radius 1 is 1.43 bits per heavy atom. The van der Waals surface area contributed by atoms with Gasteiger partial charge in [0.2, 0.25) is 5.91 Å². The van der Waals surface area contributed by atoms with Crippen molar-refractivity contribution in [1.82, 2.24) is 10.2 Å². The smallest absolute Gasteiger partial charge is 0.325 e. The maximum absolute atomic E-state index is 11.7. The second-order valence-corrected chi connectivity index (χ2v) is 5.18. The lowest BCUT2D eigenvalue weighted by atomic mass is 10.0. The van der Waals surface area contributed by atoms with Crippen LogP contribution in [0.2, 0.25) is 0 Å². The number of carboxylic acids is 1. The zero-order valence-corrected chi connectivity index (χ0v) is 12.3. The van der Waals surface area contributed by atoms with Gasteiger partial charge in [-0.1, -0.05) is 0 Å². The molecule has 0 aromatic heterocycles. The van der Waals surface area contributed by atoms with E-state index in [1.54, 1.807) is 11.8 Å². The summed E-state index contributed by atoms with van der Waals surface area (Å²) >= 11 is 0. The van der Waals surface area contributed by atoms with Gasteiger partial charge in [-0.2, -0.15) is 0 Å². The molecule has 8 heteroatoms. The van der Waals surface area contributed by atoms with Crippen molar-refractivity contribution < 1.29 is 24.2 Å². The van der Waals surface area contributed by atoms with Crippen molar-refractivity contribution in [3.63, 3.8) is 0 Å². The largest absolute Gasteiger partial charge is 0.480 e. The van der Waals surface area contributed by atoms with Gasteiger partial charge in [0.25, 0.3) is 0 Å². The number of amides is 1. The molecule has 8 nitrogen and oxygen atoms in total. The molecule has 1 heterocycles. The van der Waals surface area contributed by atoms with Gasteiger partial charge in [0.05, 0.1) is 13.2 Å². The first kappa shape index (κ1) is 17.4. The Morgan fingerprint density at radius 2 is 2.14 bits per heavy atom. The summed E-state index contributed by atoms with van der Waals surface area (Å²) in [7, 11) is 0. The molecule has 1 aliphatic heterocycles. The van der Waals surface area contributed by atoms with Crippen molar-refractivity contribution in [2.24, 2.45) is 5.73 Å². The standard InChI is InChI=1S/C13H23N3O5/c1-2-21-11(18)4-3-6-15-10(17)8-16-7-5-13(14,9-16)12(19)20/h2-9,14H2,1H3,(H,15,17)(H,19,20). The maximum atomic E-state index is 11.7. The average Bonchev–Trinajstić information content (AvgIpc) is 2.78. The number of nitrogens with zero attached hydrogens (tertiary/aromatic N) is 1. The number of hydrogen-bond acceptors (Lipinski definition) is 6. The van der Waals surface area contributed by atoms with Crippen LogP contribution in [-0.4, -0.2) is 66.2 Å². The highest BCUT2D eigenvalue weighted by molar-refractivity contribution is 5.81. The Morgan fingerprint density at radius 3 is 2.71 bits per heavy atom. The van der Waals surface area contributed by atoms with E-state index < -0.39 is 11.5 Å². The highest BCUT2D eigenvalue weighted by Gasteiger charge is 2.41. The summed E-state index contributed by atoms with van der Waals surface area (Å²) in [5, 5.41) is 11.7. The molecule has 0 radical (unpaired) electrons. The Balaban J connectivity index is 2.18. The van der Waals surface area contributed by atoms with Crippen molar-refractivity contribution in [1.29, 1.82) is 0 Å². The average molecular weight is 301 g/mol.